The minimum Gasteiger partial charge on any atom is -0.449 e. The summed E-state index contributed by atoms with van der Waals surface area (Å²) in [5.41, 5.74) is 4.74. The number of benzene rings is 6. The minimum atomic E-state index is -1.39. The molecule has 0 radical (unpaired) electrons. The van der Waals surface area contributed by atoms with Gasteiger partial charge in [0.1, 0.15) is 43.2 Å². The van der Waals surface area contributed by atoms with E-state index in [1.807, 2.05) is 152 Å². The average Bonchev–Trinajstić information content (AvgIpc) is 3.39. The zero-order valence-corrected chi connectivity index (χ0v) is 37.4. The van der Waals surface area contributed by atoms with Crippen LogP contribution in [0.4, 0.5) is 4.79 Å². The number of cyclic esters (lactones) is 1. The predicted molar refractivity (Wildman–Crippen MR) is 246 cm³/mol. The van der Waals surface area contributed by atoms with Crippen molar-refractivity contribution >= 4 is 12.1 Å². The average molecular weight is 923 g/mol. The van der Waals surface area contributed by atoms with Crippen LogP contribution in [-0.2, 0) is 85.1 Å². The van der Waals surface area contributed by atoms with Crippen molar-refractivity contribution < 1.29 is 61.7 Å². The summed E-state index contributed by atoms with van der Waals surface area (Å²) >= 11 is 0. The van der Waals surface area contributed by atoms with Crippen LogP contribution < -0.4 is 0 Å². The van der Waals surface area contributed by atoms with E-state index in [1.165, 1.54) is 0 Å². The Hall–Kier alpha value is -6.26. The Kier molecular flexibility index (Phi) is 16.3. The fourth-order valence-electron chi connectivity index (χ4n) is 8.40. The zero-order chi connectivity index (χ0) is 46.3. The first-order valence-corrected chi connectivity index (χ1v) is 22.8. The van der Waals surface area contributed by atoms with E-state index in [4.69, 9.17) is 52.1 Å². The Morgan fingerprint density at radius 2 is 0.926 bits per heavy atom. The summed E-state index contributed by atoms with van der Waals surface area (Å²) < 4.78 is 72.4. The number of rotatable bonds is 18. The smallest absolute Gasteiger partial charge is 0.449 e. The van der Waals surface area contributed by atoms with Gasteiger partial charge >= 0.3 is 12.1 Å². The summed E-state index contributed by atoms with van der Waals surface area (Å²) in [6.07, 6.45) is -12.2. The molecule has 10 atom stereocenters. The molecule has 6 aromatic carbocycles. The van der Waals surface area contributed by atoms with Crippen molar-refractivity contribution in [3.05, 3.63) is 215 Å². The van der Waals surface area contributed by atoms with Crippen LogP contribution in [-0.4, -0.2) is 86.8 Å². The lowest BCUT2D eigenvalue weighted by Gasteiger charge is -2.50. The van der Waals surface area contributed by atoms with E-state index in [1.54, 1.807) is 30.3 Å². The second kappa shape index (κ2) is 23.6. The van der Waals surface area contributed by atoms with Crippen molar-refractivity contribution in [3.8, 4) is 0 Å². The van der Waals surface area contributed by atoms with E-state index in [9.17, 15) is 9.59 Å². The quantitative estimate of drug-likeness (QED) is 0.0761. The van der Waals surface area contributed by atoms with Gasteiger partial charge in [-0.1, -0.05) is 170 Å². The van der Waals surface area contributed by atoms with Crippen molar-refractivity contribution in [2.24, 2.45) is 0 Å². The van der Waals surface area contributed by atoms with Crippen LogP contribution in [0.3, 0.4) is 0 Å². The monoisotopic (exact) mass is 922 g/mol. The van der Waals surface area contributed by atoms with Crippen LogP contribution in [0, 0.1) is 0 Å². The molecule has 0 amide bonds. The lowest BCUT2D eigenvalue weighted by atomic mass is 9.95. The molecule has 0 N–H and O–H groups in total. The van der Waals surface area contributed by atoms with Gasteiger partial charge in [-0.05, 0) is 39.9 Å². The molecule has 0 unspecified atom stereocenters. The summed E-state index contributed by atoms with van der Waals surface area (Å²) in [7, 11) is 0. The van der Waals surface area contributed by atoms with Gasteiger partial charge in [0.2, 0.25) is 0 Å². The fourth-order valence-corrected chi connectivity index (χ4v) is 8.40. The summed E-state index contributed by atoms with van der Waals surface area (Å²) in [6, 6.07) is 56.8. The van der Waals surface area contributed by atoms with Gasteiger partial charge in [-0.2, -0.15) is 0 Å². The lowest BCUT2D eigenvalue weighted by Crippen LogP contribution is -2.67. The van der Waals surface area contributed by atoms with Gasteiger partial charge in [-0.3, -0.25) is 0 Å². The second-order valence-electron chi connectivity index (χ2n) is 16.6. The number of carbonyl (C=O) groups excluding carboxylic acids is 2. The van der Waals surface area contributed by atoms with Crippen LogP contribution in [0.25, 0.3) is 0 Å². The molecule has 3 aliphatic heterocycles. The van der Waals surface area contributed by atoms with E-state index in [2.05, 4.69) is 0 Å². The largest absolute Gasteiger partial charge is 0.508 e. The number of ether oxygens (including phenoxy) is 11. The highest BCUT2D eigenvalue weighted by molar-refractivity contribution is 5.89. The summed E-state index contributed by atoms with van der Waals surface area (Å²) in [6.45, 7) is 0.449. The molecule has 0 aromatic heterocycles. The molecular formula is C55H54O13. The minimum absolute atomic E-state index is 0.0680. The van der Waals surface area contributed by atoms with E-state index >= 15 is 0 Å². The van der Waals surface area contributed by atoms with Gasteiger partial charge in [0, 0.05) is 0 Å². The maximum Gasteiger partial charge on any atom is 0.508 e. The molecule has 13 heteroatoms. The summed E-state index contributed by atoms with van der Waals surface area (Å²) in [5.74, 6) is -0.704. The Bertz CT molecular complexity index is 2430. The molecular weight excluding hydrogens is 869 g/mol. The molecule has 68 heavy (non-hydrogen) atoms. The molecule has 3 fully saturated rings. The first kappa shape index (κ1) is 46.8. The number of hydrogen-bond donors (Lipinski definition) is 0. The van der Waals surface area contributed by atoms with Crippen molar-refractivity contribution in [2.45, 2.75) is 94.4 Å². The molecule has 3 saturated heterocycles. The van der Waals surface area contributed by atoms with Gasteiger partial charge < -0.3 is 52.1 Å². The number of hydrogen-bond acceptors (Lipinski definition) is 13. The molecule has 352 valence electrons. The first-order chi connectivity index (χ1) is 33.5. The third-order valence-corrected chi connectivity index (χ3v) is 11.8. The topological polar surface area (TPSA) is 136 Å². The van der Waals surface area contributed by atoms with Crippen molar-refractivity contribution in [1.82, 2.24) is 0 Å². The maximum absolute atomic E-state index is 14.1. The summed E-state index contributed by atoms with van der Waals surface area (Å²) in [4.78, 5) is 28.1. The Labute approximate surface area is 395 Å². The number of esters is 1. The standard InChI is InChI=1S/C55H54O13/c56-52(43-29-17-6-18-30-43)66-51-49-47(44(36-58-31-38-19-7-1-8-20-38)64-53(51)62-35-42-27-15-5-16-28-42)67-54-50(61-34-41-25-13-4-14-26-41)48(60-33-40-23-11-3-12-24-40)46(45(65-54)37-63-55(57)68-49)59-32-39-21-9-2-10-22-39/h1-30,44-51,53-54H,31-37H2/t44-,45-,46-,47-,48+,49+,50+,51-,53+,54+/m1/s1. The van der Waals surface area contributed by atoms with E-state index in [-0.39, 0.29) is 51.8 Å². The fraction of sp³-hybridized carbons (Fsp3) is 0.309. The molecule has 2 bridgehead atoms. The van der Waals surface area contributed by atoms with E-state index in [0.717, 1.165) is 27.8 Å². The van der Waals surface area contributed by atoms with Gasteiger partial charge in [-0.25, -0.2) is 9.59 Å². The molecule has 0 aliphatic carbocycles. The lowest BCUT2D eigenvalue weighted by molar-refractivity contribution is -0.374. The second-order valence-corrected chi connectivity index (χ2v) is 16.6. The van der Waals surface area contributed by atoms with Crippen LogP contribution in [0.5, 0.6) is 0 Å². The highest BCUT2D eigenvalue weighted by Gasteiger charge is 2.57. The SMILES string of the molecule is O=C1OC[C@H]2O[C@@H](O[C@H]3[C@H](O1)[C@@H](OC(=O)c1ccccc1)[C@@H](OCc1ccccc1)O[C@@H]3COCc1ccccc1)[C@@H](OCc1ccccc1)[C@@H](OCc1ccccc1)[C@@H]2OCc1ccccc1. The van der Waals surface area contributed by atoms with Crippen LogP contribution in [0.1, 0.15) is 38.2 Å². The first-order valence-electron chi connectivity index (χ1n) is 22.8. The molecule has 3 aliphatic rings. The Morgan fingerprint density at radius 3 is 1.46 bits per heavy atom. The molecule has 6 aromatic rings. The molecule has 3 heterocycles. The van der Waals surface area contributed by atoms with Crippen molar-refractivity contribution in [1.29, 1.82) is 0 Å². The van der Waals surface area contributed by atoms with Gasteiger partial charge in [0.05, 0.1) is 45.2 Å². The Morgan fingerprint density at radius 1 is 0.471 bits per heavy atom. The summed E-state index contributed by atoms with van der Waals surface area (Å²) in [5, 5.41) is 0. The van der Waals surface area contributed by atoms with E-state index < -0.39 is 73.5 Å². The highest BCUT2D eigenvalue weighted by Crippen LogP contribution is 2.37. The molecule has 13 nitrogen and oxygen atoms in total. The van der Waals surface area contributed by atoms with Gasteiger partial charge in [-0.15, -0.1) is 0 Å². The predicted octanol–water partition coefficient (Wildman–Crippen LogP) is 8.77. The van der Waals surface area contributed by atoms with Gasteiger partial charge in [0.25, 0.3) is 0 Å². The number of fused-ring (bicyclic) bond motifs is 3. The molecule has 9 rings (SSSR count). The van der Waals surface area contributed by atoms with Crippen LogP contribution in [0.15, 0.2) is 182 Å². The Balaban J connectivity index is 1.10. The highest BCUT2D eigenvalue weighted by atomic mass is 16.8. The third kappa shape index (κ3) is 12.4. The van der Waals surface area contributed by atoms with Crippen molar-refractivity contribution in [3.63, 3.8) is 0 Å². The third-order valence-electron chi connectivity index (χ3n) is 11.8. The zero-order valence-electron chi connectivity index (χ0n) is 37.4. The van der Waals surface area contributed by atoms with Gasteiger partial charge in [0.15, 0.2) is 24.8 Å². The van der Waals surface area contributed by atoms with E-state index in [0.29, 0.717) is 0 Å². The van der Waals surface area contributed by atoms with Crippen molar-refractivity contribution in [2.75, 3.05) is 13.2 Å². The number of carbonyl (C=O) groups is 2. The molecule has 0 saturated carbocycles. The van der Waals surface area contributed by atoms with Crippen LogP contribution >= 0.6 is 0 Å². The maximum atomic E-state index is 14.1. The van der Waals surface area contributed by atoms with Crippen LogP contribution in [0.2, 0.25) is 0 Å². The molecule has 0 spiro atoms. The normalized spacial score (nSPS) is 25.8.